The predicted octanol–water partition coefficient (Wildman–Crippen LogP) is 3.86. The van der Waals surface area contributed by atoms with Crippen molar-refractivity contribution < 1.29 is 8.42 Å². The number of benzene rings is 2. The highest BCUT2D eigenvalue weighted by molar-refractivity contribution is 7.88. The first kappa shape index (κ1) is 20.4. The number of H-pyrrole nitrogens is 1. The summed E-state index contributed by atoms with van der Waals surface area (Å²) in [6.07, 6.45) is 5.59. The maximum atomic E-state index is 11.3. The molecule has 0 amide bonds. The Hall–Kier alpha value is -2.35. The normalized spacial score (nSPS) is 12.1. The van der Waals surface area contributed by atoms with Crippen LogP contribution in [-0.4, -0.2) is 32.5 Å². The van der Waals surface area contributed by atoms with E-state index in [1.165, 1.54) is 0 Å². The molecule has 0 spiro atoms. The van der Waals surface area contributed by atoms with Crippen LogP contribution in [0.4, 0.5) is 5.69 Å². The van der Waals surface area contributed by atoms with E-state index in [-0.39, 0.29) is 6.54 Å². The monoisotopic (exact) mass is 418 g/mol. The molecular weight excluding hydrogens is 396 g/mol. The zero-order chi connectivity index (χ0) is 20.1. The van der Waals surface area contributed by atoms with Crippen LogP contribution in [0.15, 0.2) is 47.6 Å². The minimum atomic E-state index is -3.21. The van der Waals surface area contributed by atoms with Gasteiger partial charge in [0.1, 0.15) is 0 Å². The topological polar surface area (TPSA) is 86.3 Å². The van der Waals surface area contributed by atoms with Crippen molar-refractivity contribution in [1.82, 2.24) is 9.71 Å². The number of aromatic amines is 1. The molecule has 8 heteroatoms. The molecule has 0 aliphatic heterocycles. The summed E-state index contributed by atoms with van der Waals surface area (Å²) in [5.41, 5.74) is 5.01. The molecule has 3 N–H and O–H groups in total. The second-order valence-corrected chi connectivity index (χ2v) is 8.87. The van der Waals surface area contributed by atoms with E-state index in [2.05, 4.69) is 20.0 Å². The third kappa shape index (κ3) is 5.34. The van der Waals surface area contributed by atoms with Crippen LogP contribution in [0, 0.1) is 6.92 Å². The summed E-state index contributed by atoms with van der Waals surface area (Å²) in [5.74, 6) is 0. The van der Waals surface area contributed by atoms with Crippen molar-refractivity contribution in [2.75, 3.05) is 18.1 Å². The number of nitrogens with zero attached hydrogens (tertiary/aromatic N) is 1. The molecule has 148 valence electrons. The zero-order valence-electron chi connectivity index (χ0n) is 15.8. The quantitative estimate of drug-likeness (QED) is 0.383. The molecule has 0 saturated carbocycles. The Morgan fingerprint density at radius 2 is 2.07 bits per heavy atom. The van der Waals surface area contributed by atoms with Gasteiger partial charge in [0.05, 0.1) is 12.6 Å². The molecule has 6 nitrogen and oxygen atoms in total. The van der Waals surface area contributed by atoms with Gasteiger partial charge in [-0.25, -0.2) is 13.1 Å². The number of hydrogen-bond acceptors (Lipinski definition) is 3. The van der Waals surface area contributed by atoms with E-state index in [9.17, 15) is 8.42 Å². The lowest BCUT2D eigenvalue weighted by Crippen LogP contribution is -2.21. The fourth-order valence-electron chi connectivity index (χ4n) is 2.89. The van der Waals surface area contributed by atoms with Crippen LogP contribution in [0.2, 0.25) is 5.02 Å². The summed E-state index contributed by atoms with van der Waals surface area (Å²) in [4.78, 5) is 7.67. The fraction of sp³-hybridized carbons (Fsp3) is 0.250. The molecule has 3 aromatic rings. The first-order valence-corrected chi connectivity index (χ1v) is 11.1. The fourth-order valence-corrected chi connectivity index (χ4v) is 3.49. The Kier molecular flexibility index (Phi) is 6.39. The van der Waals surface area contributed by atoms with Crippen LogP contribution in [-0.2, 0) is 23.0 Å². The second-order valence-electron chi connectivity index (χ2n) is 6.63. The van der Waals surface area contributed by atoms with Crippen LogP contribution < -0.4 is 10.0 Å². The van der Waals surface area contributed by atoms with Gasteiger partial charge in [-0.3, -0.25) is 4.99 Å². The molecule has 2 aromatic carbocycles. The number of anilines is 1. The highest BCUT2D eigenvalue weighted by atomic mass is 35.5. The van der Waals surface area contributed by atoms with Gasteiger partial charge in [-0.15, -0.1) is 0 Å². The van der Waals surface area contributed by atoms with Gasteiger partial charge < -0.3 is 10.3 Å². The first-order valence-electron chi connectivity index (χ1n) is 8.87. The third-order valence-corrected chi connectivity index (χ3v) is 5.54. The largest absolute Gasteiger partial charge is 0.361 e. The van der Waals surface area contributed by atoms with Crippen LogP contribution >= 0.6 is 11.6 Å². The Balaban J connectivity index is 1.61. The Bertz CT molecular complexity index is 1110. The van der Waals surface area contributed by atoms with E-state index in [4.69, 9.17) is 11.6 Å². The number of sulfonamides is 1. The SMILES string of the molecule is Cc1c(Cl)cccc1NC=NCCc1c[nH]c2ccc(CNS(C)(=O)=O)cc12. The van der Waals surface area contributed by atoms with E-state index in [0.717, 1.165) is 51.0 Å². The molecular formula is C20H23ClN4O2S. The first-order chi connectivity index (χ1) is 13.3. The number of fused-ring (bicyclic) bond motifs is 1. The number of hydrogen-bond donors (Lipinski definition) is 3. The van der Waals surface area contributed by atoms with E-state index in [1.807, 2.05) is 49.5 Å². The molecule has 0 fully saturated rings. The molecule has 28 heavy (non-hydrogen) atoms. The molecule has 0 atom stereocenters. The van der Waals surface area contributed by atoms with E-state index in [1.54, 1.807) is 6.34 Å². The number of nitrogens with one attached hydrogen (secondary N) is 3. The van der Waals surface area contributed by atoms with Gasteiger partial charge in [0.2, 0.25) is 10.0 Å². The number of aromatic nitrogens is 1. The van der Waals surface area contributed by atoms with Crippen LogP contribution in [0.3, 0.4) is 0 Å². The van der Waals surface area contributed by atoms with Gasteiger partial charge in [-0.05, 0) is 54.3 Å². The molecule has 1 aromatic heterocycles. The van der Waals surface area contributed by atoms with E-state index < -0.39 is 10.0 Å². The zero-order valence-corrected chi connectivity index (χ0v) is 17.4. The molecule has 3 rings (SSSR count). The molecule has 0 aliphatic carbocycles. The second kappa shape index (κ2) is 8.77. The van der Waals surface area contributed by atoms with Crippen LogP contribution in [0.1, 0.15) is 16.7 Å². The molecule has 0 bridgehead atoms. The number of aliphatic imine (C=N–C) groups is 1. The smallest absolute Gasteiger partial charge is 0.209 e. The van der Waals surface area contributed by atoms with Gasteiger partial charge in [0.15, 0.2) is 0 Å². The van der Waals surface area contributed by atoms with Crippen molar-refractivity contribution in [3.63, 3.8) is 0 Å². The van der Waals surface area contributed by atoms with Crippen molar-refractivity contribution in [3.05, 3.63) is 64.3 Å². The number of rotatable bonds is 8. The van der Waals surface area contributed by atoms with Crippen molar-refractivity contribution in [3.8, 4) is 0 Å². The third-order valence-electron chi connectivity index (χ3n) is 4.46. The molecule has 0 radical (unpaired) electrons. The average Bonchev–Trinajstić information content (AvgIpc) is 3.05. The van der Waals surface area contributed by atoms with Crippen LogP contribution in [0.5, 0.6) is 0 Å². The summed E-state index contributed by atoms with van der Waals surface area (Å²) in [5, 5.41) is 4.97. The van der Waals surface area contributed by atoms with Gasteiger partial charge >= 0.3 is 0 Å². The average molecular weight is 419 g/mol. The Morgan fingerprint density at radius 1 is 1.25 bits per heavy atom. The summed E-state index contributed by atoms with van der Waals surface area (Å²) in [6, 6.07) is 11.6. The lowest BCUT2D eigenvalue weighted by molar-refractivity contribution is 0.587. The Labute approximate surface area is 170 Å². The summed E-state index contributed by atoms with van der Waals surface area (Å²) < 4.78 is 25.1. The minimum Gasteiger partial charge on any atom is -0.361 e. The summed E-state index contributed by atoms with van der Waals surface area (Å²) >= 11 is 6.11. The molecule has 0 aliphatic rings. The number of halogens is 1. The molecule has 0 unspecified atom stereocenters. The van der Waals surface area contributed by atoms with E-state index in [0.29, 0.717) is 6.54 Å². The lowest BCUT2D eigenvalue weighted by atomic mass is 10.1. The highest BCUT2D eigenvalue weighted by Gasteiger charge is 2.06. The Morgan fingerprint density at radius 3 is 2.86 bits per heavy atom. The molecule has 0 saturated heterocycles. The highest BCUT2D eigenvalue weighted by Crippen LogP contribution is 2.22. The standard InChI is InChI=1S/C20H23ClN4O2S/c1-14-18(21)4-3-5-19(14)24-13-22-9-8-16-12-23-20-7-6-15(10-17(16)20)11-25-28(2,26)27/h3-7,10,12-13,23,25H,8-9,11H2,1-2H3,(H,22,24). The maximum absolute atomic E-state index is 11.3. The van der Waals surface area contributed by atoms with Crippen molar-refractivity contribution in [1.29, 1.82) is 0 Å². The van der Waals surface area contributed by atoms with Crippen molar-refractivity contribution in [2.45, 2.75) is 19.9 Å². The van der Waals surface area contributed by atoms with Crippen molar-refractivity contribution in [2.24, 2.45) is 4.99 Å². The summed E-state index contributed by atoms with van der Waals surface area (Å²) in [6.45, 7) is 2.87. The van der Waals surface area contributed by atoms with Gasteiger partial charge in [0.25, 0.3) is 0 Å². The van der Waals surface area contributed by atoms with Gasteiger partial charge in [-0.2, -0.15) is 0 Å². The van der Waals surface area contributed by atoms with Gasteiger partial charge in [-0.1, -0.05) is 23.7 Å². The van der Waals surface area contributed by atoms with E-state index >= 15 is 0 Å². The molecule has 1 heterocycles. The lowest BCUT2D eigenvalue weighted by Gasteiger charge is -2.06. The predicted molar refractivity (Wildman–Crippen MR) is 117 cm³/mol. The minimum absolute atomic E-state index is 0.278. The maximum Gasteiger partial charge on any atom is 0.209 e. The summed E-state index contributed by atoms with van der Waals surface area (Å²) in [7, 11) is -3.21. The van der Waals surface area contributed by atoms with Crippen LogP contribution in [0.25, 0.3) is 10.9 Å². The van der Waals surface area contributed by atoms with Gasteiger partial charge in [0, 0.05) is 40.9 Å². The van der Waals surface area contributed by atoms with Crippen molar-refractivity contribution >= 4 is 44.6 Å².